The summed E-state index contributed by atoms with van der Waals surface area (Å²) >= 11 is 0. The number of anilines is 1. The molecule has 4 rings (SSSR count). The van der Waals surface area contributed by atoms with E-state index in [2.05, 4.69) is 4.99 Å². The molecule has 35 heavy (non-hydrogen) atoms. The van der Waals surface area contributed by atoms with E-state index in [0.717, 1.165) is 11.3 Å². The number of benzene rings is 4. The number of nitrogens with zero attached hydrogens (tertiary/aromatic N) is 2. The van der Waals surface area contributed by atoms with Crippen molar-refractivity contribution in [2.24, 2.45) is 16.5 Å². The molecule has 0 radical (unpaired) electrons. The predicted molar refractivity (Wildman–Crippen MR) is 137 cm³/mol. The van der Waals surface area contributed by atoms with Gasteiger partial charge in [-0.2, -0.15) is 0 Å². The number of esters is 1. The fourth-order valence-electron chi connectivity index (χ4n) is 3.46. The third-order valence-electron chi connectivity index (χ3n) is 5.17. The van der Waals surface area contributed by atoms with E-state index in [-0.39, 0.29) is 11.9 Å². The summed E-state index contributed by atoms with van der Waals surface area (Å²) < 4.78 is 5.41. The van der Waals surface area contributed by atoms with E-state index in [1.165, 1.54) is 0 Å². The lowest BCUT2D eigenvalue weighted by Gasteiger charge is -2.23. The Bertz CT molecular complexity index is 1320. The Morgan fingerprint density at radius 1 is 0.714 bits per heavy atom. The van der Waals surface area contributed by atoms with E-state index in [0.29, 0.717) is 29.1 Å². The smallest absolute Gasteiger partial charge is 0.343 e. The highest BCUT2D eigenvalue weighted by atomic mass is 16.5. The Kier molecular flexibility index (Phi) is 7.18. The van der Waals surface area contributed by atoms with Crippen LogP contribution in [0, 0.1) is 0 Å². The zero-order valence-electron chi connectivity index (χ0n) is 18.9. The number of nitrogens with two attached hydrogens (primary N) is 2. The molecule has 0 saturated heterocycles. The molecular formula is C28H24N4O3. The summed E-state index contributed by atoms with van der Waals surface area (Å²) in [6.07, 6.45) is 0. The van der Waals surface area contributed by atoms with Gasteiger partial charge < -0.3 is 21.1 Å². The normalized spacial score (nSPS) is 10.3. The van der Waals surface area contributed by atoms with Gasteiger partial charge in [0.25, 0.3) is 5.91 Å². The summed E-state index contributed by atoms with van der Waals surface area (Å²) in [5.41, 5.74) is 13.8. The third kappa shape index (κ3) is 6.11. The van der Waals surface area contributed by atoms with Crippen LogP contribution in [0.25, 0.3) is 0 Å². The highest BCUT2D eigenvalue weighted by Gasteiger charge is 2.19. The van der Waals surface area contributed by atoms with Gasteiger partial charge in [-0.05, 0) is 66.2 Å². The average Bonchev–Trinajstić information content (AvgIpc) is 2.89. The number of aliphatic imine (C=N–C) groups is 1. The van der Waals surface area contributed by atoms with Crippen molar-refractivity contribution >= 4 is 29.2 Å². The first-order chi connectivity index (χ1) is 17.0. The fourth-order valence-corrected chi connectivity index (χ4v) is 3.46. The van der Waals surface area contributed by atoms with Gasteiger partial charge in [0.2, 0.25) is 0 Å². The van der Waals surface area contributed by atoms with Crippen molar-refractivity contribution in [3.8, 4) is 5.75 Å². The number of carbonyl (C=O) groups excluding carboxylic acids is 2. The van der Waals surface area contributed by atoms with Crippen LogP contribution < -0.4 is 21.1 Å². The molecule has 0 fully saturated rings. The van der Waals surface area contributed by atoms with Crippen LogP contribution in [-0.2, 0) is 6.54 Å². The Morgan fingerprint density at radius 3 is 1.89 bits per heavy atom. The molecule has 0 unspecified atom stereocenters. The maximum atomic E-state index is 13.4. The van der Waals surface area contributed by atoms with Crippen molar-refractivity contribution in [3.05, 3.63) is 126 Å². The SMILES string of the molecule is NC(N)=Nc1ccc(OC(=O)c2ccc(C(=O)N(Cc3ccccc3)c3ccccc3)cc2)cc1. The van der Waals surface area contributed by atoms with Gasteiger partial charge in [0.1, 0.15) is 5.75 Å². The van der Waals surface area contributed by atoms with E-state index < -0.39 is 5.97 Å². The second-order valence-electron chi connectivity index (χ2n) is 7.71. The Labute approximate surface area is 203 Å². The van der Waals surface area contributed by atoms with Crippen LogP contribution in [0.1, 0.15) is 26.3 Å². The number of rotatable bonds is 7. The minimum Gasteiger partial charge on any atom is -0.423 e. The van der Waals surface area contributed by atoms with E-state index in [4.69, 9.17) is 16.2 Å². The van der Waals surface area contributed by atoms with Crippen molar-refractivity contribution in [1.29, 1.82) is 0 Å². The number of para-hydroxylation sites is 1. The Morgan fingerprint density at radius 2 is 1.29 bits per heavy atom. The van der Waals surface area contributed by atoms with Gasteiger partial charge in [-0.15, -0.1) is 0 Å². The van der Waals surface area contributed by atoms with E-state index >= 15 is 0 Å². The van der Waals surface area contributed by atoms with Crippen LogP contribution in [0.3, 0.4) is 0 Å². The molecule has 0 aliphatic rings. The summed E-state index contributed by atoms with van der Waals surface area (Å²) in [6.45, 7) is 0.420. The molecule has 174 valence electrons. The van der Waals surface area contributed by atoms with Gasteiger partial charge in [-0.25, -0.2) is 9.79 Å². The summed E-state index contributed by atoms with van der Waals surface area (Å²) in [6, 6.07) is 32.1. The minimum atomic E-state index is -0.539. The van der Waals surface area contributed by atoms with Crippen molar-refractivity contribution in [1.82, 2.24) is 0 Å². The summed E-state index contributed by atoms with van der Waals surface area (Å²) in [5, 5.41) is 0. The molecule has 7 nitrogen and oxygen atoms in total. The third-order valence-corrected chi connectivity index (χ3v) is 5.17. The zero-order valence-corrected chi connectivity index (χ0v) is 18.9. The number of guanidine groups is 1. The first-order valence-corrected chi connectivity index (χ1v) is 10.9. The maximum absolute atomic E-state index is 13.4. The van der Waals surface area contributed by atoms with Crippen molar-refractivity contribution in [2.45, 2.75) is 6.54 Å². The first kappa shape index (κ1) is 23.3. The van der Waals surface area contributed by atoms with E-state index in [9.17, 15) is 9.59 Å². The van der Waals surface area contributed by atoms with Crippen molar-refractivity contribution < 1.29 is 14.3 Å². The molecule has 7 heteroatoms. The second-order valence-corrected chi connectivity index (χ2v) is 7.71. The van der Waals surface area contributed by atoms with Gasteiger partial charge in [0.05, 0.1) is 17.8 Å². The van der Waals surface area contributed by atoms with Crippen LogP contribution in [0.4, 0.5) is 11.4 Å². The number of hydrogen-bond acceptors (Lipinski definition) is 4. The summed E-state index contributed by atoms with van der Waals surface area (Å²) in [4.78, 5) is 31.6. The average molecular weight is 465 g/mol. The minimum absolute atomic E-state index is 0.0565. The number of carbonyl (C=O) groups is 2. The highest BCUT2D eigenvalue weighted by Crippen LogP contribution is 2.22. The molecule has 4 aromatic carbocycles. The number of hydrogen-bond donors (Lipinski definition) is 2. The van der Waals surface area contributed by atoms with Gasteiger partial charge in [0, 0.05) is 11.3 Å². The Balaban J connectivity index is 1.49. The largest absolute Gasteiger partial charge is 0.423 e. The van der Waals surface area contributed by atoms with Crippen LogP contribution >= 0.6 is 0 Å². The molecule has 0 aliphatic heterocycles. The monoisotopic (exact) mass is 464 g/mol. The topological polar surface area (TPSA) is 111 Å². The molecule has 0 saturated carbocycles. The predicted octanol–water partition coefficient (Wildman–Crippen LogP) is 4.66. The van der Waals surface area contributed by atoms with Crippen molar-refractivity contribution in [3.63, 3.8) is 0 Å². The standard InChI is InChI=1S/C28H24N4O3/c29-28(30)31-23-15-17-25(18-16-23)35-27(34)22-13-11-21(12-14-22)26(33)32(24-9-5-2-6-10-24)19-20-7-3-1-4-8-20/h1-18H,19H2,(H4,29,30,31). The molecule has 4 N–H and O–H groups in total. The molecule has 4 aromatic rings. The quantitative estimate of drug-likeness (QED) is 0.179. The van der Waals surface area contributed by atoms with Crippen LogP contribution in [-0.4, -0.2) is 17.8 Å². The maximum Gasteiger partial charge on any atom is 0.343 e. The highest BCUT2D eigenvalue weighted by molar-refractivity contribution is 6.06. The second kappa shape index (κ2) is 10.8. The molecule has 0 spiro atoms. The summed E-state index contributed by atoms with van der Waals surface area (Å²) in [7, 11) is 0. The lowest BCUT2D eigenvalue weighted by Crippen LogP contribution is -2.30. The number of ether oxygens (including phenoxy) is 1. The molecule has 0 aliphatic carbocycles. The lowest BCUT2D eigenvalue weighted by atomic mass is 10.1. The van der Waals surface area contributed by atoms with Gasteiger partial charge >= 0.3 is 5.97 Å². The molecule has 1 amide bonds. The van der Waals surface area contributed by atoms with E-state index in [1.54, 1.807) is 53.4 Å². The van der Waals surface area contributed by atoms with Crippen molar-refractivity contribution in [2.75, 3.05) is 4.90 Å². The van der Waals surface area contributed by atoms with E-state index in [1.807, 2.05) is 60.7 Å². The van der Waals surface area contributed by atoms with Gasteiger partial charge in [-0.1, -0.05) is 48.5 Å². The number of amides is 1. The molecular weight excluding hydrogens is 440 g/mol. The first-order valence-electron chi connectivity index (χ1n) is 10.9. The molecule has 0 aromatic heterocycles. The fraction of sp³-hybridized carbons (Fsp3) is 0.0357. The van der Waals surface area contributed by atoms with Gasteiger partial charge in [-0.3, -0.25) is 4.79 Å². The lowest BCUT2D eigenvalue weighted by molar-refractivity contribution is 0.0734. The molecule has 0 bridgehead atoms. The molecule has 0 heterocycles. The summed E-state index contributed by atoms with van der Waals surface area (Å²) in [5.74, 6) is -0.417. The zero-order chi connectivity index (χ0) is 24.6. The van der Waals surface area contributed by atoms with Crippen LogP contribution in [0.5, 0.6) is 5.75 Å². The molecule has 0 atom stereocenters. The Hall–Kier alpha value is -4.91. The van der Waals surface area contributed by atoms with Crippen LogP contribution in [0.2, 0.25) is 0 Å². The van der Waals surface area contributed by atoms with Gasteiger partial charge in [0.15, 0.2) is 5.96 Å². The van der Waals surface area contributed by atoms with Crippen LogP contribution in [0.15, 0.2) is 114 Å².